The van der Waals surface area contributed by atoms with Crippen molar-refractivity contribution in [3.05, 3.63) is 34.9 Å². The number of ether oxygens (including phenoxy) is 3. The van der Waals surface area contributed by atoms with Crippen LogP contribution in [-0.4, -0.2) is 55.4 Å². The van der Waals surface area contributed by atoms with E-state index < -0.39 is 0 Å². The topological polar surface area (TPSA) is 48.0 Å². The number of carbonyl (C=O) groups excluding carboxylic acids is 1. The van der Waals surface area contributed by atoms with Crippen LogP contribution in [-0.2, 0) is 20.7 Å². The number of esters is 1. The second-order valence-corrected chi connectivity index (χ2v) is 11.6. The molecule has 0 aromatic heterocycles. The Hall–Kier alpha value is -1.85. The molecule has 5 heteroatoms. The first kappa shape index (κ1) is 26.2. The Morgan fingerprint density at radius 1 is 1.03 bits per heavy atom. The number of aryl methyl sites for hydroxylation is 1. The van der Waals surface area contributed by atoms with E-state index in [9.17, 15) is 4.79 Å². The van der Waals surface area contributed by atoms with E-state index in [4.69, 9.17) is 14.2 Å². The van der Waals surface area contributed by atoms with E-state index in [0.717, 1.165) is 70.5 Å². The molecule has 0 atom stereocenters. The van der Waals surface area contributed by atoms with E-state index >= 15 is 0 Å². The fourth-order valence-corrected chi connectivity index (χ4v) is 5.58. The summed E-state index contributed by atoms with van der Waals surface area (Å²) in [5.74, 6) is 1.75. The van der Waals surface area contributed by atoms with Crippen LogP contribution in [0.4, 0.5) is 0 Å². The smallest absolute Gasteiger partial charge is 0.309 e. The molecule has 1 saturated heterocycles. The summed E-state index contributed by atoms with van der Waals surface area (Å²) in [6.45, 7) is 12.6. The average molecular weight is 484 g/mol. The van der Waals surface area contributed by atoms with Crippen LogP contribution in [0.3, 0.4) is 0 Å². The van der Waals surface area contributed by atoms with E-state index in [1.165, 1.54) is 29.5 Å². The highest BCUT2D eigenvalue weighted by Crippen LogP contribution is 2.32. The first-order valence-electron chi connectivity index (χ1n) is 13.8. The van der Waals surface area contributed by atoms with Gasteiger partial charge in [-0.2, -0.15) is 0 Å². The third-order valence-electron chi connectivity index (χ3n) is 7.67. The van der Waals surface area contributed by atoms with E-state index in [-0.39, 0.29) is 17.5 Å². The minimum atomic E-state index is -0.0499. The monoisotopic (exact) mass is 483 g/mol. The Labute approximate surface area is 212 Å². The lowest BCUT2D eigenvalue weighted by Crippen LogP contribution is -2.38. The van der Waals surface area contributed by atoms with Crippen LogP contribution in [0, 0.1) is 11.8 Å². The quantitative estimate of drug-likeness (QED) is 0.422. The van der Waals surface area contributed by atoms with Crippen molar-refractivity contribution in [1.29, 1.82) is 0 Å². The van der Waals surface area contributed by atoms with Crippen molar-refractivity contribution in [2.75, 3.05) is 32.8 Å². The van der Waals surface area contributed by atoms with Gasteiger partial charge in [0.15, 0.2) is 0 Å². The molecule has 0 radical (unpaired) electrons. The van der Waals surface area contributed by atoms with Gasteiger partial charge in [0.25, 0.3) is 0 Å². The van der Waals surface area contributed by atoms with Gasteiger partial charge in [0.05, 0.1) is 30.8 Å². The van der Waals surface area contributed by atoms with Crippen LogP contribution in [0.15, 0.2) is 23.8 Å². The third kappa shape index (κ3) is 7.82. The predicted molar refractivity (Wildman–Crippen MR) is 141 cm³/mol. The highest BCUT2D eigenvalue weighted by molar-refractivity contribution is 5.72. The molecular weight excluding hydrogens is 438 g/mol. The van der Waals surface area contributed by atoms with Crippen molar-refractivity contribution in [2.24, 2.45) is 11.8 Å². The van der Waals surface area contributed by atoms with Crippen molar-refractivity contribution in [3.63, 3.8) is 0 Å². The predicted octanol–water partition coefficient (Wildman–Crippen LogP) is 6.04. The molecule has 0 N–H and O–H groups in total. The molecule has 35 heavy (non-hydrogen) atoms. The molecule has 0 bridgehead atoms. The SMILES string of the molecule is CCOC(=O)C1CCN(CC2=Cc3ccc(OC4CCC(COC(C)(C)C)CC4)cc3CC2)CC1. The molecular formula is C30H45NO4. The van der Waals surface area contributed by atoms with Gasteiger partial charge in [-0.3, -0.25) is 9.69 Å². The van der Waals surface area contributed by atoms with Crippen molar-refractivity contribution in [1.82, 2.24) is 4.90 Å². The Bertz CT molecular complexity index is 871. The van der Waals surface area contributed by atoms with Gasteiger partial charge in [-0.15, -0.1) is 0 Å². The number of hydrogen-bond acceptors (Lipinski definition) is 5. The van der Waals surface area contributed by atoms with Crippen molar-refractivity contribution in [2.45, 2.75) is 90.8 Å². The van der Waals surface area contributed by atoms with Gasteiger partial charge >= 0.3 is 5.97 Å². The highest BCUT2D eigenvalue weighted by Gasteiger charge is 2.27. The summed E-state index contributed by atoms with van der Waals surface area (Å²) in [5, 5.41) is 0. The largest absolute Gasteiger partial charge is 0.490 e. The highest BCUT2D eigenvalue weighted by atomic mass is 16.5. The second kappa shape index (κ2) is 11.9. The Morgan fingerprint density at radius 2 is 1.77 bits per heavy atom. The van der Waals surface area contributed by atoms with E-state index in [0.29, 0.717) is 18.6 Å². The third-order valence-corrected chi connectivity index (χ3v) is 7.67. The van der Waals surface area contributed by atoms with Crippen LogP contribution in [0.2, 0.25) is 0 Å². The van der Waals surface area contributed by atoms with Crippen LogP contribution >= 0.6 is 0 Å². The van der Waals surface area contributed by atoms with Crippen molar-refractivity contribution < 1.29 is 19.0 Å². The van der Waals surface area contributed by atoms with Gasteiger partial charge in [0.2, 0.25) is 0 Å². The first-order valence-corrected chi connectivity index (χ1v) is 13.8. The number of rotatable bonds is 8. The maximum absolute atomic E-state index is 12.0. The molecule has 1 aliphatic heterocycles. The van der Waals surface area contributed by atoms with Gasteiger partial charge in [-0.25, -0.2) is 0 Å². The van der Waals surface area contributed by atoms with Crippen LogP contribution in [0.1, 0.15) is 83.8 Å². The standard InChI is InChI=1S/C30H45NO4/c1-5-33-29(32)24-14-16-31(17-15-24)20-23-6-9-26-19-28(13-10-25(26)18-23)35-27-11-7-22(8-12-27)21-34-30(2,3)4/h10,13,18-19,22,24,27H,5-9,11-12,14-17,20-21H2,1-4H3. The van der Waals surface area contributed by atoms with Gasteiger partial charge in [0.1, 0.15) is 5.75 Å². The zero-order valence-corrected chi connectivity index (χ0v) is 22.3. The van der Waals surface area contributed by atoms with Crippen LogP contribution in [0.25, 0.3) is 6.08 Å². The zero-order chi connectivity index (χ0) is 24.8. The number of benzene rings is 1. The van der Waals surface area contributed by atoms with E-state index in [2.05, 4.69) is 49.9 Å². The summed E-state index contributed by atoms with van der Waals surface area (Å²) >= 11 is 0. The second-order valence-electron chi connectivity index (χ2n) is 11.6. The summed E-state index contributed by atoms with van der Waals surface area (Å²) in [7, 11) is 0. The average Bonchev–Trinajstić information content (AvgIpc) is 2.84. The molecule has 3 aliphatic rings. The molecule has 0 unspecified atom stereocenters. The van der Waals surface area contributed by atoms with Crippen LogP contribution in [0.5, 0.6) is 5.75 Å². The molecule has 1 saturated carbocycles. The summed E-state index contributed by atoms with van der Waals surface area (Å²) < 4.78 is 17.6. The van der Waals surface area contributed by atoms with Crippen molar-refractivity contribution in [3.8, 4) is 5.75 Å². The maximum atomic E-state index is 12.0. The number of piperidine rings is 1. The van der Waals surface area contributed by atoms with Gasteiger partial charge in [-0.1, -0.05) is 17.7 Å². The molecule has 5 nitrogen and oxygen atoms in total. The summed E-state index contributed by atoms with van der Waals surface area (Å²) in [5.41, 5.74) is 4.19. The fraction of sp³-hybridized carbons (Fsp3) is 0.700. The minimum absolute atomic E-state index is 0.0152. The van der Waals surface area contributed by atoms with Gasteiger partial charge in [0, 0.05) is 6.54 Å². The molecule has 2 fully saturated rings. The molecule has 194 valence electrons. The van der Waals surface area contributed by atoms with Crippen molar-refractivity contribution >= 4 is 12.0 Å². The molecule has 0 spiro atoms. The summed E-state index contributed by atoms with van der Waals surface area (Å²) in [6.07, 6.45) is 11.3. The zero-order valence-electron chi connectivity index (χ0n) is 22.3. The minimum Gasteiger partial charge on any atom is -0.490 e. The number of carbonyl (C=O) groups is 1. The lowest BCUT2D eigenvalue weighted by molar-refractivity contribution is -0.149. The fourth-order valence-electron chi connectivity index (χ4n) is 5.58. The number of fused-ring (bicyclic) bond motifs is 1. The Kier molecular flexibility index (Phi) is 8.93. The van der Waals surface area contributed by atoms with Crippen LogP contribution < -0.4 is 4.74 Å². The number of nitrogens with zero attached hydrogens (tertiary/aromatic N) is 1. The Morgan fingerprint density at radius 3 is 2.46 bits per heavy atom. The lowest BCUT2D eigenvalue weighted by Gasteiger charge is -2.32. The maximum Gasteiger partial charge on any atom is 0.309 e. The summed E-state index contributed by atoms with van der Waals surface area (Å²) in [4.78, 5) is 14.5. The Balaban J connectivity index is 1.23. The van der Waals surface area contributed by atoms with Gasteiger partial charge in [-0.05, 0) is 121 Å². The number of hydrogen-bond donors (Lipinski definition) is 0. The molecule has 2 aliphatic carbocycles. The molecule has 1 aromatic rings. The van der Waals surface area contributed by atoms with Gasteiger partial charge < -0.3 is 14.2 Å². The lowest BCUT2D eigenvalue weighted by atomic mass is 9.87. The molecule has 1 heterocycles. The van der Waals surface area contributed by atoms with E-state index in [1.54, 1.807) is 0 Å². The molecule has 0 amide bonds. The molecule has 1 aromatic carbocycles. The van der Waals surface area contributed by atoms with E-state index in [1.807, 2.05) is 6.92 Å². The summed E-state index contributed by atoms with van der Waals surface area (Å²) in [6, 6.07) is 6.65. The number of likely N-dealkylation sites (tertiary alicyclic amines) is 1. The first-order chi connectivity index (χ1) is 16.8. The molecule has 4 rings (SSSR count). The normalized spacial score (nSPS) is 23.9.